The first-order valence-corrected chi connectivity index (χ1v) is 11.0. The van der Waals surface area contributed by atoms with Gasteiger partial charge in [0.1, 0.15) is 0 Å². The van der Waals surface area contributed by atoms with Crippen molar-refractivity contribution in [2.24, 2.45) is 0 Å². The maximum Gasteiger partial charge on any atom is 0.335 e. The van der Waals surface area contributed by atoms with Gasteiger partial charge in [-0.05, 0) is 18.2 Å². The Bertz CT molecular complexity index is 944. The van der Waals surface area contributed by atoms with Crippen LogP contribution in [0.25, 0.3) is 0 Å². The Morgan fingerprint density at radius 1 is 1.22 bits per heavy atom. The lowest BCUT2D eigenvalue weighted by molar-refractivity contribution is 0.0697. The molecule has 0 radical (unpaired) electrons. The molecule has 14 heteroatoms. The Hall–Kier alpha value is -2.91. The molecule has 0 amide bonds. The summed E-state index contributed by atoms with van der Waals surface area (Å²) in [7, 11) is 0. The number of anilines is 4. The number of aromatic nitrogens is 3. The van der Waals surface area contributed by atoms with Crippen LogP contribution in [0.1, 0.15) is 10.4 Å². The minimum Gasteiger partial charge on any atom is -0.478 e. The molecule has 1 unspecified atom stereocenters. The molecule has 1 saturated heterocycles. The molecule has 1 aromatic heterocycles. The summed E-state index contributed by atoms with van der Waals surface area (Å²) >= 11 is -2.16. The molecule has 1 aliphatic heterocycles. The van der Waals surface area contributed by atoms with E-state index in [0.717, 1.165) is 0 Å². The quantitative estimate of drug-likeness (QED) is 0.273. The number of carboxylic acids is 1. The van der Waals surface area contributed by atoms with E-state index in [-0.39, 0.29) is 43.7 Å². The van der Waals surface area contributed by atoms with E-state index in [1.54, 1.807) is 17.0 Å². The summed E-state index contributed by atoms with van der Waals surface area (Å²) in [5, 5.41) is 21.7. The van der Waals surface area contributed by atoms with Crippen molar-refractivity contribution < 1.29 is 28.5 Å². The first-order chi connectivity index (χ1) is 15.5. The zero-order valence-electron chi connectivity index (χ0n) is 17.2. The van der Waals surface area contributed by atoms with Gasteiger partial charge in [0.2, 0.25) is 29.1 Å². The molecule has 0 aliphatic carbocycles. The summed E-state index contributed by atoms with van der Waals surface area (Å²) in [6.45, 7) is 2.65. The maximum atomic E-state index is 11.3. The first-order valence-electron chi connectivity index (χ1n) is 9.85. The second kappa shape index (κ2) is 11.6. The van der Waals surface area contributed by atoms with Crippen molar-refractivity contribution in [3.8, 4) is 0 Å². The highest BCUT2D eigenvalue weighted by Crippen LogP contribution is 2.21. The minimum absolute atomic E-state index is 0.114. The van der Waals surface area contributed by atoms with Crippen molar-refractivity contribution >= 4 is 40.8 Å². The van der Waals surface area contributed by atoms with E-state index in [4.69, 9.17) is 9.29 Å². The van der Waals surface area contributed by atoms with Crippen molar-refractivity contribution in [2.75, 3.05) is 67.7 Å². The molecular formula is C18H25N7O6S. The van der Waals surface area contributed by atoms with Gasteiger partial charge in [0.15, 0.2) is 0 Å². The highest BCUT2D eigenvalue weighted by molar-refractivity contribution is 7.77. The summed E-state index contributed by atoms with van der Waals surface area (Å²) in [5.41, 5.74) is 0.601. The van der Waals surface area contributed by atoms with Crippen LogP contribution >= 0.6 is 0 Å². The summed E-state index contributed by atoms with van der Waals surface area (Å²) in [5.74, 6) is -0.197. The zero-order chi connectivity index (χ0) is 22.9. The molecule has 1 fully saturated rings. The Labute approximate surface area is 186 Å². The number of hydrogen-bond donors (Lipinski definition) is 5. The molecule has 13 nitrogen and oxygen atoms in total. The Morgan fingerprint density at radius 2 is 2.00 bits per heavy atom. The summed E-state index contributed by atoms with van der Waals surface area (Å²) < 4.78 is 27.6. The summed E-state index contributed by atoms with van der Waals surface area (Å²) in [4.78, 5) is 28.3. The molecular weight excluding hydrogens is 442 g/mol. The number of carboxylic acid groups (broad SMARTS) is 1. The van der Waals surface area contributed by atoms with Gasteiger partial charge in [0.05, 0.1) is 25.4 Å². The van der Waals surface area contributed by atoms with Crippen LogP contribution in [0.2, 0.25) is 0 Å². The van der Waals surface area contributed by atoms with Crippen molar-refractivity contribution in [2.45, 2.75) is 0 Å². The highest BCUT2D eigenvalue weighted by Gasteiger charge is 2.19. The second-order valence-electron chi connectivity index (χ2n) is 6.72. The normalized spacial score (nSPS) is 14.8. The van der Waals surface area contributed by atoms with E-state index in [9.17, 15) is 19.2 Å². The fourth-order valence-electron chi connectivity index (χ4n) is 3.02. The Kier molecular flexibility index (Phi) is 8.64. The van der Waals surface area contributed by atoms with Crippen LogP contribution in [0.4, 0.5) is 23.5 Å². The van der Waals surface area contributed by atoms with Crippen LogP contribution in [0.15, 0.2) is 24.3 Å². The Balaban J connectivity index is 1.91. The van der Waals surface area contributed by atoms with Gasteiger partial charge in [-0.2, -0.15) is 15.0 Å². The largest absolute Gasteiger partial charge is 0.478 e. The lowest BCUT2D eigenvalue weighted by atomic mass is 10.2. The lowest BCUT2D eigenvalue weighted by Gasteiger charge is -2.28. The topological polar surface area (TPSA) is 173 Å². The predicted molar refractivity (Wildman–Crippen MR) is 118 cm³/mol. The number of nitrogens with one attached hydrogen (secondary N) is 2. The number of ether oxygens (including phenoxy) is 1. The lowest BCUT2D eigenvalue weighted by Crippen LogP contribution is -2.39. The first kappa shape index (κ1) is 23.7. The van der Waals surface area contributed by atoms with Gasteiger partial charge in [-0.25, -0.2) is 13.7 Å². The molecule has 2 aromatic rings. The van der Waals surface area contributed by atoms with Crippen molar-refractivity contribution in [1.82, 2.24) is 19.7 Å². The van der Waals surface area contributed by atoms with Gasteiger partial charge < -0.3 is 30.1 Å². The predicted octanol–water partition coefficient (Wildman–Crippen LogP) is -0.325. The van der Waals surface area contributed by atoms with Gasteiger partial charge in [-0.3, -0.25) is 4.55 Å². The third kappa shape index (κ3) is 6.80. The number of carbonyl (C=O) groups is 1. The van der Waals surface area contributed by atoms with E-state index in [0.29, 0.717) is 37.9 Å². The average molecular weight is 468 g/mol. The smallest absolute Gasteiger partial charge is 0.335 e. The molecule has 0 spiro atoms. The molecule has 0 bridgehead atoms. The number of aliphatic hydroxyl groups excluding tert-OH is 1. The minimum atomic E-state index is -2.16. The van der Waals surface area contributed by atoms with Gasteiger partial charge >= 0.3 is 5.97 Å². The van der Waals surface area contributed by atoms with Crippen LogP contribution in [0, 0.1) is 0 Å². The van der Waals surface area contributed by atoms with Gasteiger partial charge in [0.25, 0.3) is 0 Å². The molecule has 3 rings (SSSR count). The van der Waals surface area contributed by atoms with Crippen molar-refractivity contribution in [3.63, 3.8) is 0 Å². The van der Waals surface area contributed by atoms with E-state index < -0.39 is 17.2 Å². The molecule has 2 heterocycles. The van der Waals surface area contributed by atoms with E-state index in [2.05, 4.69) is 25.0 Å². The van der Waals surface area contributed by atoms with Gasteiger partial charge in [-0.15, -0.1) is 0 Å². The Morgan fingerprint density at radius 3 is 2.69 bits per heavy atom. The number of hydrogen-bond acceptors (Lipinski definition) is 10. The molecule has 32 heavy (non-hydrogen) atoms. The zero-order valence-corrected chi connectivity index (χ0v) is 18.0. The molecule has 0 saturated carbocycles. The number of benzene rings is 1. The van der Waals surface area contributed by atoms with Crippen molar-refractivity contribution in [3.05, 3.63) is 29.8 Å². The van der Waals surface area contributed by atoms with E-state index in [1.165, 1.54) is 12.1 Å². The number of rotatable bonds is 11. The summed E-state index contributed by atoms with van der Waals surface area (Å²) in [6, 6.07) is 6.24. The fourth-order valence-corrected chi connectivity index (χ4v) is 3.28. The number of aliphatic hydroxyl groups is 1. The maximum absolute atomic E-state index is 11.3. The van der Waals surface area contributed by atoms with Crippen molar-refractivity contribution in [1.29, 1.82) is 0 Å². The third-order valence-electron chi connectivity index (χ3n) is 4.53. The molecule has 1 atom stereocenters. The van der Waals surface area contributed by atoms with Crippen LogP contribution in [-0.4, -0.2) is 92.4 Å². The summed E-state index contributed by atoms with van der Waals surface area (Å²) in [6.07, 6.45) is 0. The van der Waals surface area contributed by atoms with Crippen LogP contribution in [0.5, 0.6) is 0 Å². The van der Waals surface area contributed by atoms with Crippen LogP contribution in [0.3, 0.4) is 0 Å². The van der Waals surface area contributed by atoms with Crippen LogP contribution < -0.4 is 19.8 Å². The molecule has 174 valence electrons. The van der Waals surface area contributed by atoms with Gasteiger partial charge in [0, 0.05) is 38.4 Å². The van der Waals surface area contributed by atoms with E-state index in [1.807, 2.05) is 4.90 Å². The molecule has 1 aromatic carbocycles. The number of morpholine rings is 1. The number of aromatic carboxylic acids is 1. The van der Waals surface area contributed by atoms with Crippen LogP contribution in [-0.2, 0) is 16.0 Å². The molecule has 5 N–H and O–H groups in total. The second-order valence-corrected chi connectivity index (χ2v) is 7.51. The van der Waals surface area contributed by atoms with E-state index >= 15 is 0 Å². The molecule has 1 aliphatic rings. The highest BCUT2D eigenvalue weighted by atomic mass is 32.2. The standard InChI is InChI=1S/C18H25N7O6S/c26-9-6-24(5-4-19-32(29)30)17-21-16(20-14-3-1-2-13(12-14)15(27)28)22-18(23-17)25-7-10-31-11-8-25/h1-3,12,19,26H,4-11H2,(H,27,28)(H,29,30)(H,20,21,22,23). The third-order valence-corrected chi connectivity index (χ3v) is 4.98. The fraction of sp³-hybridized carbons (Fsp3) is 0.444. The monoisotopic (exact) mass is 467 g/mol. The SMILES string of the molecule is O=C(O)c1cccc(Nc2nc(N(CCO)CCNS(=O)O)nc(N3CCOCC3)n2)c1. The number of nitrogens with zero attached hydrogens (tertiary/aromatic N) is 5. The van der Waals surface area contributed by atoms with Gasteiger partial charge in [-0.1, -0.05) is 6.07 Å². The average Bonchev–Trinajstić information content (AvgIpc) is 2.79.